The summed E-state index contributed by atoms with van der Waals surface area (Å²) in [5.41, 5.74) is 0.989. The molecule has 0 heterocycles. The van der Waals surface area contributed by atoms with Crippen LogP contribution in [0.1, 0.15) is 39.7 Å². The molecule has 1 unspecified atom stereocenters. The van der Waals surface area contributed by atoms with Crippen molar-refractivity contribution in [2.75, 3.05) is 13.1 Å². The van der Waals surface area contributed by atoms with E-state index in [1.54, 1.807) is 18.2 Å². The standard InChI is InChI=1S/C16H28N2O2S/c1-5-9-17-12-15-7-6-8-16(10-15)21(19,20)18-11-14(4)13(2)3/h6-8,10,13-14,17-18H,5,9,11-12H2,1-4H3. The van der Waals surface area contributed by atoms with E-state index in [1.807, 2.05) is 6.07 Å². The van der Waals surface area contributed by atoms with Crippen LogP contribution in [0.25, 0.3) is 0 Å². The Labute approximate surface area is 129 Å². The van der Waals surface area contributed by atoms with E-state index in [1.165, 1.54) is 0 Å². The molecule has 0 aliphatic carbocycles. The smallest absolute Gasteiger partial charge is 0.240 e. The first-order valence-corrected chi connectivity index (χ1v) is 9.14. The highest BCUT2D eigenvalue weighted by Crippen LogP contribution is 2.13. The molecule has 4 nitrogen and oxygen atoms in total. The summed E-state index contributed by atoms with van der Waals surface area (Å²) in [6.07, 6.45) is 1.06. The maximum atomic E-state index is 12.3. The van der Waals surface area contributed by atoms with Gasteiger partial charge in [-0.15, -0.1) is 0 Å². The molecule has 0 fully saturated rings. The molecular formula is C16H28N2O2S. The van der Waals surface area contributed by atoms with Crippen molar-refractivity contribution < 1.29 is 8.42 Å². The van der Waals surface area contributed by atoms with Crippen LogP contribution in [0.5, 0.6) is 0 Å². The Morgan fingerprint density at radius 3 is 2.52 bits per heavy atom. The molecule has 0 aromatic heterocycles. The van der Waals surface area contributed by atoms with Crippen molar-refractivity contribution in [3.8, 4) is 0 Å². The van der Waals surface area contributed by atoms with Crippen LogP contribution in [0.15, 0.2) is 29.2 Å². The summed E-state index contributed by atoms with van der Waals surface area (Å²) in [7, 11) is -3.42. The third-order valence-electron chi connectivity index (χ3n) is 3.70. The van der Waals surface area contributed by atoms with Crippen molar-refractivity contribution in [1.82, 2.24) is 10.0 Å². The third kappa shape index (κ3) is 6.16. The van der Waals surface area contributed by atoms with E-state index in [9.17, 15) is 8.42 Å². The van der Waals surface area contributed by atoms with E-state index < -0.39 is 10.0 Å². The Balaban J connectivity index is 2.72. The van der Waals surface area contributed by atoms with E-state index >= 15 is 0 Å². The van der Waals surface area contributed by atoms with Gasteiger partial charge >= 0.3 is 0 Å². The normalized spacial score (nSPS) is 13.6. The summed E-state index contributed by atoms with van der Waals surface area (Å²) in [4.78, 5) is 0.342. The average Bonchev–Trinajstić information content (AvgIpc) is 2.45. The minimum atomic E-state index is -3.42. The van der Waals surface area contributed by atoms with Crippen LogP contribution in [0.2, 0.25) is 0 Å². The minimum Gasteiger partial charge on any atom is -0.313 e. The topological polar surface area (TPSA) is 58.2 Å². The molecule has 120 valence electrons. The highest BCUT2D eigenvalue weighted by Gasteiger charge is 2.16. The number of sulfonamides is 1. The largest absolute Gasteiger partial charge is 0.313 e. The number of benzene rings is 1. The minimum absolute atomic E-state index is 0.314. The lowest BCUT2D eigenvalue weighted by molar-refractivity contribution is 0.414. The second kappa shape index (κ2) is 8.51. The van der Waals surface area contributed by atoms with Crippen molar-refractivity contribution in [2.24, 2.45) is 11.8 Å². The van der Waals surface area contributed by atoms with Crippen LogP contribution >= 0.6 is 0 Å². The van der Waals surface area contributed by atoms with Crippen molar-refractivity contribution in [2.45, 2.75) is 45.6 Å². The molecule has 0 radical (unpaired) electrons. The van der Waals surface area contributed by atoms with Crippen LogP contribution in [0, 0.1) is 11.8 Å². The fraction of sp³-hybridized carbons (Fsp3) is 0.625. The van der Waals surface area contributed by atoms with E-state index in [0.29, 0.717) is 29.8 Å². The lowest BCUT2D eigenvalue weighted by atomic mass is 9.99. The number of nitrogens with one attached hydrogen (secondary N) is 2. The van der Waals surface area contributed by atoms with Gasteiger partial charge in [-0.1, -0.05) is 39.8 Å². The second-order valence-electron chi connectivity index (χ2n) is 5.90. The molecule has 1 atom stereocenters. The number of rotatable bonds is 9. The zero-order chi connectivity index (χ0) is 15.9. The molecule has 2 N–H and O–H groups in total. The highest BCUT2D eigenvalue weighted by atomic mass is 32.2. The summed E-state index contributed by atoms with van der Waals surface area (Å²) < 4.78 is 27.3. The van der Waals surface area contributed by atoms with Crippen molar-refractivity contribution >= 4 is 10.0 Å². The molecule has 21 heavy (non-hydrogen) atoms. The summed E-state index contributed by atoms with van der Waals surface area (Å²) in [5.74, 6) is 0.770. The van der Waals surface area contributed by atoms with Crippen LogP contribution in [0.4, 0.5) is 0 Å². The molecule has 0 spiro atoms. The average molecular weight is 312 g/mol. The molecule has 1 rings (SSSR count). The number of hydrogen-bond donors (Lipinski definition) is 2. The molecule has 5 heteroatoms. The van der Waals surface area contributed by atoms with Gasteiger partial charge in [-0.3, -0.25) is 0 Å². The molecule has 0 aliphatic rings. The number of hydrogen-bond acceptors (Lipinski definition) is 3. The Morgan fingerprint density at radius 1 is 1.19 bits per heavy atom. The van der Waals surface area contributed by atoms with Gasteiger partial charge < -0.3 is 5.32 Å². The van der Waals surface area contributed by atoms with Gasteiger partial charge in [-0.05, 0) is 42.5 Å². The maximum absolute atomic E-state index is 12.3. The van der Waals surface area contributed by atoms with E-state index in [4.69, 9.17) is 0 Å². The quantitative estimate of drug-likeness (QED) is 0.689. The highest BCUT2D eigenvalue weighted by molar-refractivity contribution is 7.89. The fourth-order valence-corrected chi connectivity index (χ4v) is 3.01. The first kappa shape index (κ1) is 18.1. The predicted octanol–water partition coefficient (Wildman–Crippen LogP) is 2.76. The van der Waals surface area contributed by atoms with Crippen LogP contribution in [-0.2, 0) is 16.6 Å². The molecule has 0 amide bonds. The lowest BCUT2D eigenvalue weighted by Crippen LogP contribution is -2.30. The Bertz CT molecular complexity index is 527. The van der Waals surface area contributed by atoms with Gasteiger partial charge in [-0.25, -0.2) is 13.1 Å². The summed E-state index contributed by atoms with van der Waals surface area (Å²) >= 11 is 0. The summed E-state index contributed by atoms with van der Waals surface area (Å²) in [5, 5.41) is 3.28. The van der Waals surface area contributed by atoms with Gasteiger partial charge in [0.05, 0.1) is 4.90 Å². The zero-order valence-corrected chi connectivity index (χ0v) is 14.3. The zero-order valence-electron chi connectivity index (χ0n) is 13.5. The summed E-state index contributed by atoms with van der Waals surface area (Å²) in [6, 6.07) is 7.12. The summed E-state index contributed by atoms with van der Waals surface area (Å²) in [6.45, 7) is 10.4. The van der Waals surface area contributed by atoms with E-state index in [2.05, 4.69) is 37.7 Å². The van der Waals surface area contributed by atoms with Gasteiger partial charge in [0.2, 0.25) is 10.0 Å². The van der Waals surface area contributed by atoms with Gasteiger partial charge in [0.15, 0.2) is 0 Å². The van der Waals surface area contributed by atoms with Gasteiger partial charge in [0.25, 0.3) is 0 Å². The first-order valence-electron chi connectivity index (χ1n) is 7.66. The molecule has 0 bridgehead atoms. The van der Waals surface area contributed by atoms with E-state index in [-0.39, 0.29) is 0 Å². The van der Waals surface area contributed by atoms with Gasteiger partial charge in [0.1, 0.15) is 0 Å². The van der Waals surface area contributed by atoms with Crippen LogP contribution < -0.4 is 10.0 Å². The van der Waals surface area contributed by atoms with Crippen molar-refractivity contribution in [1.29, 1.82) is 0 Å². The lowest BCUT2D eigenvalue weighted by Gasteiger charge is -2.16. The predicted molar refractivity (Wildman–Crippen MR) is 87.6 cm³/mol. The van der Waals surface area contributed by atoms with Crippen LogP contribution in [0.3, 0.4) is 0 Å². The third-order valence-corrected chi connectivity index (χ3v) is 5.12. The molecule has 0 aliphatic heterocycles. The first-order chi connectivity index (χ1) is 9.86. The van der Waals surface area contributed by atoms with Crippen molar-refractivity contribution in [3.05, 3.63) is 29.8 Å². The molecule has 1 aromatic carbocycles. The molecular weight excluding hydrogens is 284 g/mol. The van der Waals surface area contributed by atoms with Gasteiger partial charge in [0, 0.05) is 13.1 Å². The second-order valence-corrected chi connectivity index (χ2v) is 7.66. The van der Waals surface area contributed by atoms with Gasteiger partial charge in [-0.2, -0.15) is 0 Å². The SMILES string of the molecule is CCCNCc1cccc(S(=O)(=O)NCC(C)C(C)C)c1. The fourth-order valence-electron chi connectivity index (χ4n) is 1.79. The Morgan fingerprint density at radius 2 is 1.90 bits per heavy atom. The molecule has 0 saturated heterocycles. The monoisotopic (exact) mass is 312 g/mol. The molecule has 0 saturated carbocycles. The maximum Gasteiger partial charge on any atom is 0.240 e. The van der Waals surface area contributed by atoms with Crippen molar-refractivity contribution in [3.63, 3.8) is 0 Å². The van der Waals surface area contributed by atoms with Crippen LogP contribution in [-0.4, -0.2) is 21.5 Å². The Kier molecular flexibility index (Phi) is 7.35. The molecule has 1 aromatic rings. The Hall–Kier alpha value is -0.910. The van der Waals surface area contributed by atoms with E-state index in [0.717, 1.165) is 18.5 Å².